The number of nitrogens with zero attached hydrogens (tertiary/aromatic N) is 2. The lowest BCUT2D eigenvalue weighted by molar-refractivity contribution is -0.118. The number of amides is 1. The van der Waals surface area contributed by atoms with Gasteiger partial charge in [-0.2, -0.15) is 0 Å². The maximum Gasteiger partial charge on any atom is 0.231 e. The van der Waals surface area contributed by atoms with Gasteiger partial charge in [-0.3, -0.25) is 14.8 Å². The summed E-state index contributed by atoms with van der Waals surface area (Å²) in [5.41, 5.74) is 6.43. The molecule has 2 rings (SSSR count). The van der Waals surface area contributed by atoms with E-state index in [9.17, 15) is 4.79 Å². The Morgan fingerprint density at radius 3 is 2.61 bits per heavy atom. The highest BCUT2D eigenvalue weighted by Gasteiger charge is 2.24. The lowest BCUT2D eigenvalue weighted by atomic mass is 9.95. The third kappa shape index (κ3) is 2.60. The molecule has 1 unspecified atom stereocenters. The molecular formula is C12H9Cl2N3O. The number of hydrogen-bond donors (Lipinski definition) is 1. The van der Waals surface area contributed by atoms with E-state index in [4.69, 9.17) is 28.9 Å². The van der Waals surface area contributed by atoms with Gasteiger partial charge in [-0.25, -0.2) is 0 Å². The third-order valence-electron chi connectivity index (χ3n) is 2.44. The number of hydrogen-bond acceptors (Lipinski definition) is 3. The second-order valence-corrected chi connectivity index (χ2v) is 4.48. The Kier molecular flexibility index (Phi) is 3.79. The van der Waals surface area contributed by atoms with Gasteiger partial charge in [-0.05, 0) is 17.7 Å². The van der Waals surface area contributed by atoms with E-state index in [-0.39, 0.29) is 0 Å². The zero-order chi connectivity index (χ0) is 13.1. The van der Waals surface area contributed by atoms with Gasteiger partial charge in [0, 0.05) is 28.6 Å². The molecule has 2 N–H and O–H groups in total. The van der Waals surface area contributed by atoms with Crippen molar-refractivity contribution in [1.82, 2.24) is 9.97 Å². The maximum atomic E-state index is 11.6. The number of nitrogens with two attached hydrogens (primary N) is 1. The molecule has 0 saturated heterocycles. The van der Waals surface area contributed by atoms with Gasteiger partial charge < -0.3 is 5.73 Å². The van der Waals surface area contributed by atoms with Crippen molar-refractivity contribution in [2.75, 3.05) is 0 Å². The van der Waals surface area contributed by atoms with Crippen LogP contribution < -0.4 is 5.73 Å². The van der Waals surface area contributed by atoms with Crippen LogP contribution in [0.15, 0.2) is 36.8 Å². The molecule has 1 aromatic heterocycles. The van der Waals surface area contributed by atoms with E-state index in [1.807, 2.05) is 0 Å². The van der Waals surface area contributed by atoms with Gasteiger partial charge in [-0.1, -0.05) is 29.3 Å². The van der Waals surface area contributed by atoms with Gasteiger partial charge in [0.1, 0.15) is 5.92 Å². The van der Waals surface area contributed by atoms with Crippen LogP contribution in [0.2, 0.25) is 10.0 Å². The highest BCUT2D eigenvalue weighted by Crippen LogP contribution is 2.30. The Bertz CT molecular complexity index is 575. The van der Waals surface area contributed by atoms with Gasteiger partial charge in [0.05, 0.1) is 5.69 Å². The van der Waals surface area contributed by atoms with Crippen molar-refractivity contribution in [3.63, 3.8) is 0 Å². The van der Waals surface area contributed by atoms with Crippen LogP contribution in [-0.4, -0.2) is 15.9 Å². The molecule has 0 aliphatic rings. The second kappa shape index (κ2) is 5.33. The predicted octanol–water partition coefficient (Wildman–Crippen LogP) is 2.40. The average molecular weight is 282 g/mol. The fraction of sp³-hybridized carbons (Fsp3) is 0.0833. The number of primary amides is 1. The minimum Gasteiger partial charge on any atom is -0.369 e. The van der Waals surface area contributed by atoms with E-state index in [0.717, 1.165) is 0 Å². The van der Waals surface area contributed by atoms with E-state index in [1.165, 1.54) is 18.6 Å². The van der Waals surface area contributed by atoms with E-state index in [2.05, 4.69) is 9.97 Å². The standard InChI is InChI=1S/C12H9Cl2N3O/c13-7-1-2-8(9(14)5-7)11(12(15)18)10-6-16-3-4-17-10/h1-6,11H,(H2,15,18). The van der Waals surface area contributed by atoms with Crippen LogP contribution in [0.4, 0.5) is 0 Å². The Morgan fingerprint density at radius 2 is 2.06 bits per heavy atom. The highest BCUT2D eigenvalue weighted by molar-refractivity contribution is 6.35. The van der Waals surface area contributed by atoms with Crippen LogP contribution in [0, 0.1) is 0 Å². The van der Waals surface area contributed by atoms with E-state index in [1.54, 1.807) is 18.2 Å². The Labute approximate surface area is 114 Å². The first-order chi connectivity index (χ1) is 8.59. The molecule has 0 spiro atoms. The second-order valence-electron chi connectivity index (χ2n) is 3.63. The first kappa shape index (κ1) is 12.8. The molecule has 92 valence electrons. The first-order valence-electron chi connectivity index (χ1n) is 5.10. The number of carbonyl (C=O) groups is 1. The number of aromatic nitrogens is 2. The molecule has 1 atom stereocenters. The SMILES string of the molecule is NC(=O)C(c1cnccn1)c1ccc(Cl)cc1Cl. The molecule has 0 aliphatic carbocycles. The zero-order valence-corrected chi connectivity index (χ0v) is 10.7. The monoisotopic (exact) mass is 281 g/mol. The lowest BCUT2D eigenvalue weighted by Crippen LogP contribution is -2.23. The molecule has 0 saturated carbocycles. The summed E-state index contributed by atoms with van der Waals surface area (Å²) in [6, 6.07) is 4.87. The van der Waals surface area contributed by atoms with Crippen molar-refractivity contribution >= 4 is 29.1 Å². The molecular weight excluding hydrogens is 273 g/mol. The quantitative estimate of drug-likeness (QED) is 0.939. The van der Waals surface area contributed by atoms with Gasteiger partial charge in [-0.15, -0.1) is 0 Å². The number of rotatable bonds is 3. The summed E-state index contributed by atoms with van der Waals surface area (Å²) < 4.78 is 0. The van der Waals surface area contributed by atoms with Gasteiger partial charge in [0.25, 0.3) is 0 Å². The molecule has 4 nitrogen and oxygen atoms in total. The Morgan fingerprint density at radius 1 is 1.28 bits per heavy atom. The maximum absolute atomic E-state index is 11.6. The largest absolute Gasteiger partial charge is 0.369 e. The summed E-state index contributed by atoms with van der Waals surface area (Å²) in [6.45, 7) is 0. The first-order valence-corrected chi connectivity index (χ1v) is 5.85. The summed E-state index contributed by atoms with van der Waals surface area (Å²) in [5.74, 6) is -1.27. The molecule has 18 heavy (non-hydrogen) atoms. The topological polar surface area (TPSA) is 68.9 Å². The van der Waals surface area contributed by atoms with Crippen LogP contribution in [0.3, 0.4) is 0 Å². The van der Waals surface area contributed by atoms with E-state index in [0.29, 0.717) is 21.3 Å². The molecule has 1 heterocycles. The van der Waals surface area contributed by atoms with E-state index < -0.39 is 11.8 Å². The number of halogens is 2. The summed E-state index contributed by atoms with van der Waals surface area (Å²) >= 11 is 11.9. The zero-order valence-electron chi connectivity index (χ0n) is 9.18. The number of carbonyl (C=O) groups excluding carboxylic acids is 1. The summed E-state index contributed by atoms with van der Waals surface area (Å²) in [6.07, 6.45) is 4.50. The fourth-order valence-corrected chi connectivity index (χ4v) is 2.17. The van der Waals surface area contributed by atoms with Gasteiger partial charge in [0.15, 0.2) is 0 Å². The Hall–Kier alpha value is -1.65. The average Bonchev–Trinajstić information content (AvgIpc) is 2.33. The molecule has 0 fully saturated rings. The van der Waals surface area contributed by atoms with Crippen molar-refractivity contribution in [2.24, 2.45) is 5.73 Å². The molecule has 2 aromatic rings. The molecule has 1 aromatic carbocycles. The van der Waals surface area contributed by atoms with Crippen molar-refractivity contribution in [2.45, 2.75) is 5.92 Å². The smallest absolute Gasteiger partial charge is 0.231 e. The normalized spacial score (nSPS) is 12.1. The molecule has 0 radical (unpaired) electrons. The minimum absolute atomic E-state index is 0.372. The van der Waals surface area contributed by atoms with Crippen LogP contribution >= 0.6 is 23.2 Å². The molecule has 0 aliphatic heterocycles. The Balaban J connectivity index is 2.52. The third-order valence-corrected chi connectivity index (χ3v) is 3.00. The van der Waals surface area contributed by atoms with E-state index >= 15 is 0 Å². The number of benzene rings is 1. The minimum atomic E-state index is -0.733. The summed E-state index contributed by atoms with van der Waals surface area (Å²) in [7, 11) is 0. The molecule has 0 bridgehead atoms. The van der Waals surface area contributed by atoms with Crippen molar-refractivity contribution < 1.29 is 4.79 Å². The molecule has 6 heteroatoms. The lowest BCUT2D eigenvalue weighted by Gasteiger charge is -2.14. The van der Waals surface area contributed by atoms with Crippen molar-refractivity contribution in [3.8, 4) is 0 Å². The molecule has 1 amide bonds. The van der Waals surface area contributed by atoms with Gasteiger partial charge in [0.2, 0.25) is 5.91 Å². The summed E-state index contributed by atoms with van der Waals surface area (Å²) in [5, 5.41) is 0.864. The highest BCUT2D eigenvalue weighted by atomic mass is 35.5. The van der Waals surface area contributed by atoms with Crippen molar-refractivity contribution in [1.29, 1.82) is 0 Å². The summed E-state index contributed by atoms with van der Waals surface area (Å²) in [4.78, 5) is 19.6. The van der Waals surface area contributed by atoms with Crippen molar-refractivity contribution in [3.05, 3.63) is 58.1 Å². The fourth-order valence-electron chi connectivity index (χ4n) is 1.65. The van der Waals surface area contributed by atoms with Crippen LogP contribution in [0.1, 0.15) is 17.2 Å². The van der Waals surface area contributed by atoms with Crippen LogP contribution in [0.25, 0.3) is 0 Å². The van der Waals surface area contributed by atoms with Crippen LogP contribution in [-0.2, 0) is 4.79 Å². The predicted molar refractivity (Wildman–Crippen MR) is 69.5 cm³/mol. The van der Waals surface area contributed by atoms with Crippen LogP contribution in [0.5, 0.6) is 0 Å². The van der Waals surface area contributed by atoms with Gasteiger partial charge >= 0.3 is 0 Å².